The molecule has 0 aromatic carbocycles. The summed E-state index contributed by atoms with van der Waals surface area (Å²) >= 11 is 0. The van der Waals surface area contributed by atoms with Crippen LogP contribution in [0.25, 0.3) is 0 Å². The van der Waals surface area contributed by atoms with Gasteiger partial charge in [-0.1, -0.05) is 19.1 Å². The van der Waals surface area contributed by atoms with E-state index < -0.39 is 17.5 Å². The largest absolute Gasteiger partial charge is 0.462 e. The van der Waals surface area contributed by atoms with E-state index in [0.29, 0.717) is 12.0 Å². The van der Waals surface area contributed by atoms with Crippen molar-refractivity contribution in [3.63, 3.8) is 0 Å². The Morgan fingerprint density at radius 2 is 2.08 bits per heavy atom. The predicted octanol–water partition coefficient (Wildman–Crippen LogP) is 2.60. The summed E-state index contributed by atoms with van der Waals surface area (Å²) in [5.41, 5.74) is -0.335. The highest BCUT2D eigenvalue weighted by molar-refractivity contribution is 5.98. The Morgan fingerprint density at radius 1 is 1.38 bits per heavy atom. The average molecular weight is 332 g/mol. The summed E-state index contributed by atoms with van der Waals surface area (Å²) < 4.78 is 11.4. The lowest BCUT2D eigenvalue weighted by molar-refractivity contribution is -0.162. The fraction of sp³-hybridized carbons (Fsp3) is 0.632. The highest BCUT2D eigenvalue weighted by Gasteiger charge is 2.61. The van der Waals surface area contributed by atoms with Crippen LogP contribution in [0, 0.1) is 23.2 Å². The van der Waals surface area contributed by atoms with Crippen LogP contribution in [0.15, 0.2) is 23.8 Å². The minimum atomic E-state index is -0.828. The molecule has 0 N–H and O–H groups in total. The van der Waals surface area contributed by atoms with Gasteiger partial charge in [0.2, 0.25) is 0 Å². The molecule has 2 fully saturated rings. The number of allylic oxidation sites excluding steroid dienone is 3. The van der Waals surface area contributed by atoms with Gasteiger partial charge in [-0.05, 0) is 45.6 Å². The molecule has 6 atom stereocenters. The molecule has 3 rings (SSSR count). The van der Waals surface area contributed by atoms with Crippen molar-refractivity contribution in [3.8, 4) is 0 Å². The van der Waals surface area contributed by atoms with E-state index in [-0.39, 0.29) is 35.6 Å². The summed E-state index contributed by atoms with van der Waals surface area (Å²) in [6, 6.07) is 0. The van der Waals surface area contributed by atoms with Crippen LogP contribution >= 0.6 is 0 Å². The number of ether oxygens (including phenoxy) is 2. The van der Waals surface area contributed by atoms with E-state index in [0.717, 1.165) is 6.42 Å². The summed E-state index contributed by atoms with van der Waals surface area (Å²) in [7, 11) is 0. The number of carbonyl (C=O) groups is 3. The van der Waals surface area contributed by atoms with Crippen molar-refractivity contribution < 1.29 is 23.9 Å². The molecule has 24 heavy (non-hydrogen) atoms. The summed E-state index contributed by atoms with van der Waals surface area (Å²) in [4.78, 5) is 37.2. The van der Waals surface area contributed by atoms with Crippen molar-refractivity contribution in [3.05, 3.63) is 23.8 Å². The lowest BCUT2D eigenvalue weighted by Crippen LogP contribution is -2.50. The van der Waals surface area contributed by atoms with Crippen LogP contribution in [0.5, 0.6) is 0 Å². The second-order valence-electron chi connectivity index (χ2n) is 7.33. The van der Waals surface area contributed by atoms with E-state index in [1.165, 1.54) is 0 Å². The van der Waals surface area contributed by atoms with Crippen molar-refractivity contribution in [1.29, 1.82) is 0 Å². The molecule has 1 heterocycles. The van der Waals surface area contributed by atoms with Gasteiger partial charge in [0.15, 0.2) is 5.78 Å². The number of hydrogen-bond donors (Lipinski definition) is 0. The first kappa shape index (κ1) is 16.9. The maximum Gasteiger partial charge on any atom is 0.333 e. The molecule has 5 heteroatoms. The highest BCUT2D eigenvalue weighted by atomic mass is 16.6. The minimum Gasteiger partial charge on any atom is -0.462 e. The molecule has 2 aliphatic carbocycles. The van der Waals surface area contributed by atoms with Crippen LogP contribution in [0.3, 0.4) is 0 Å². The van der Waals surface area contributed by atoms with E-state index >= 15 is 0 Å². The molecule has 5 nitrogen and oxygen atoms in total. The van der Waals surface area contributed by atoms with Crippen LogP contribution in [0.4, 0.5) is 0 Å². The van der Waals surface area contributed by atoms with Crippen molar-refractivity contribution in [2.24, 2.45) is 23.2 Å². The maximum absolute atomic E-state index is 12.7. The Balaban J connectivity index is 2.03. The lowest BCUT2D eigenvalue weighted by Gasteiger charge is -2.39. The van der Waals surface area contributed by atoms with Gasteiger partial charge < -0.3 is 9.47 Å². The van der Waals surface area contributed by atoms with Crippen LogP contribution in [0.2, 0.25) is 0 Å². The third kappa shape index (κ3) is 2.33. The molecule has 1 saturated carbocycles. The fourth-order valence-electron chi connectivity index (χ4n) is 4.31. The smallest absolute Gasteiger partial charge is 0.333 e. The molecule has 0 aromatic heterocycles. The summed E-state index contributed by atoms with van der Waals surface area (Å²) in [5, 5.41) is 0. The van der Waals surface area contributed by atoms with Crippen LogP contribution in [-0.2, 0) is 23.9 Å². The standard InChI is InChI=1S/C19H24O5/c1-5-10(2)17(21)24-16-15-11(3)18(22)23-13(15)8-6-12-7-9-14(20)19(12,16)4/h5,7,9,11-13,15-16H,6,8H2,1-4H3/b10-5-/t11-,12+,13+,15+,16-,19-/m0/s1. The highest BCUT2D eigenvalue weighted by Crippen LogP contribution is 2.52. The van der Waals surface area contributed by atoms with Crippen molar-refractivity contribution in [1.82, 2.24) is 0 Å². The van der Waals surface area contributed by atoms with E-state index in [1.807, 2.05) is 13.0 Å². The molecule has 3 aliphatic rings. The molecule has 1 saturated heterocycles. The number of esters is 2. The summed E-state index contributed by atoms with van der Waals surface area (Å²) in [6.07, 6.45) is 5.67. The number of fused-ring (bicyclic) bond motifs is 2. The van der Waals surface area contributed by atoms with Crippen LogP contribution in [0.1, 0.15) is 40.5 Å². The van der Waals surface area contributed by atoms with Gasteiger partial charge in [-0.15, -0.1) is 0 Å². The number of rotatable bonds is 2. The molecule has 130 valence electrons. The topological polar surface area (TPSA) is 69.7 Å². The second-order valence-corrected chi connectivity index (χ2v) is 7.33. The Morgan fingerprint density at radius 3 is 2.75 bits per heavy atom. The monoisotopic (exact) mass is 332 g/mol. The second kappa shape index (κ2) is 5.87. The zero-order valence-corrected chi connectivity index (χ0v) is 14.6. The first-order chi connectivity index (χ1) is 11.3. The molecule has 0 bridgehead atoms. The molecule has 0 amide bonds. The minimum absolute atomic E-state index is 0.00483. The predicted molar refractivity (Wildman–Crippen MR) is 86.8 cm³/mol. The molecule has 0 unspecified atom stereocenters. The Bertz CT molecular complexity index is 646. The summed E-state index contributed by atoms with van der Waals surface area (Å²) in [6.45, 7) is 7.11. The van der Waals surface area contributed by atoms with Gasteiger partial charge >= 0.3 is 11.9 Å². The van der Waals surface area contributed by atoms with E-state index in [4.69, 9.17) is 9.47 Å². The zero-order valence-electron chi connectivity index (χ0n) is 14.6. The first-order valence-electron chi connectivity index (χ1n) is 8.57. The first-order valence-corrected chi connectivity index (χ1v) is 8.57. The number of hydrogen-bond acceptors (Lipinski definition) is 5. The molecule has 1 aliphatic heterocycles. The molecule has 0 aromatic rings. The maximum atomic E-state index is 12.7. The van der Waals surface area contributed by atoms with E-state index in [1.54, 1.807) is 32.9 Å². The molecular weight excluding hydrogens is 308 g/mol. The van der Waals surface area contributed by atoms with Gasteiger partial charge in [0, 0.05) is 11.5 Å². The third-order valence-electron chi connectivity index (χ3n) is 6.12. The van der Waals surface area contributed by atoms with Gasteiger partial charge in [-0.25, -0.2) is 4.79 Å². The molecular formula is C19H24O5. The van der Waals surface area contributed by atoms with Crippen molar-refractivity contribution >= 4 is 17.7 Å². The Labute approximate surface area is 142 Å². The fourth-order valence-corrected chi connectivity index (χ4v) is 4.31. The molecule has 0 spiro atoms. The van der Waals surface area contributed by atoms with Crippen LogP contribution < -0.4 is 0 Å². The van der Waals surface area contributed by atoms with E-state index in [2.05, 4.69) is 0 Å². The van der Waals surface area contributed by atoms with Gasteiger partial charge in [-0.2, -0.15) is 0 Å². The Kier molecular flexibility index (Phi) is 4.14. The van der Waals surface area contributed by atoms with Crippen molar-refractivity contribution in [2.45, 2.75) is 52.7 Å². The average Bonchev–Trinajstić information content (AvgIpc) is 2.96. The number of ketones is 1. The van der Waals surface area contributed by atoms with Gasteiger partial charge in [0.25, 0.3) is 0 Å². The van der Waals surface area contributed by atoms with Gasteiger partial charge in [0.1, 0.15) is 12.2 Å². The summed E-state index contributed by atoms with van der Waals surface area (Å²) in [5.74, 6) is -1.41. The van der Waals surface area contributed by atoms with E-state index in [9.17, 15) is 14.4 Å². The number of carbonyl (C=O) groups excluding carboxylic acids is 3. The lowest BCUT2D eigenvalue weighted by atomic mass is 9.68. The van der Waals surface area contributed by atoms with Crippen molar-refractivity contribution in [2.75, 3.05) is 0 Å². The SMILES string of the molecule is C/C=C(/C)C(=O)O[C@H]1[C@@H]2[C@H](C)C(=O)O[C@@H]2CC[C@@H]2C=CC(=O)[C@]21C. The van der Waals surface area contributed by atoms with Gasteiger partial charge in [0.05, 0.1) is 11.3 Å². The zero-order chi connectivity index (χ0) is 17.6. The van der Waals surface area contributed by atoms with Crippen LogP contribution in [-0.4, -0.2) is 29.9 Å². The normalized spacial score (nSPS) is 41.5. The Hall–Kier alpha value is -1.91. The third-order valence-corrected chi connectivity index (χ3v) is 6.12. The van der Waals surface area contributed by atoms with Gasteiger partial charge in [-0.3, -0.25) is 9.59 Å². The quantitative estimate of drug-likeness (QED) is 0.574. The molecule has 0 radical (unpaired) electrons.